The Morgan fingerprint density at radius 1 is 1.09 bits per heavy atom. The summed E-state index contributed by atoms with van der Waals surface area (Å²) in [6.45, 7) is 0.277. The molecular formula is C24H16ClIN2O5. The van der Waals surface area contributed by atoms with Crippen LogP contribution in [0.15, 0.2) is 72.4 Å². The molecule has 0 saturated carbocycles. The number of hydrogen-bond acceptors (Lipinski definition) is 4. The zero-order chi connectivity index (χ0) is 23.5. The number of ether oxygens (including phenoxy) is 1. The minimum atomic E-state index is -0.977. The van der Waals surface area contributed by atoms with Crippen LogP contribution in [0.1, 0.15) is 21.5 Å². The molecule has 7 nitrogen and oxygen atoms in total. The second kappa shape index (κ2) is 9.63. The lowest BCUT2D eigenvalue weighted by Crippen LogP contribution is -2.30. The van der Waals surface area contributed by atoms with Crippen molar-refractivity contribution in [1.82, 2.24) is 5.32 Å². The Hall–Kier alpha value is -3.37. The Bertz CT molecular complexity index is 1290. The van der Waals surface area contributed by atoms with Gasteiger partial charge in [0.25, 0.3) is 5.91 Å². The molecule has 1 aliphatic heterocycles. The molecule has 0 spiro atoms. The topological polar surface area (TPSA) is 95.9 Å². The second-order valence-corrected chi connectivity index (χ2v) is 8.69. The first-order valence-electron chi connectivity index (χ1n) is 9.69. The van der Waals surface area contributed by atoms with Gasteiger partial charge in [0.2, 0.25) is 0 Å². The van der Waals surface area contributed by atoms with E-state index in [4.69, 9.17) is 21.4 Å². The van der Waals surface area contributed by atoms with Crippen LogP contribution in [-0.2, 0) is 11.4 Å². The number of aromatic carboxylic acids is 1. The molecule has 0 atom stereocenters. The molecule has 2 N–H and O–H groups in total. The van der Waals surface area contributed by atoms with Crippen LogP contribution in [0.25, 0.3) is 6.08 Å². The first kappa shape index (κ1) is 22.8. The van der Waals surface area contributed by atoms with Gasteiger partial charge < -0.3 is 15.2 Å². The first-order chi connectivity index (χ1) is 15.8. The number of carboxylic acid groups (broad SMARTS) is 1. The van der Waals surface area contributed by atoms with Crippen molar-refractivity contribution < 1.29 is 24.2 Å². The van der Waals surface area contributed by atoms with E-state index in [0.717, 1.165) is 14.0 Å². The highest BCUT2D eigenvalue weighted by molar-refractivity contribution is 14.1. The molecule has 3 aromatic carbocycles. The number of nitrogens with zero attached hydrogens (tertiary/aromatic N) is 1. The monoisotopic (exact) mass is 574 g/mol. The number of carbonyl (C=O) groups excluding carboxylic acids is 2. The molecule has 0 aliphatic carbocycles. The number of amides is 3. The van der Waals surface area contributed by atoms with Crippen molar-refractivity contribution in [1.29, 1.82) is 0 Å². The van der Waals surface area contributed by atoms with Crippen LogP contribution >= 0.6 is 34.2 Å². The fraction of sp³-hybridized carbons (Fsp3) is 0.0417. The number of imide groups is 1. The number of nitrogens with one attached hydrogen (secondary N) is 1. The van der Waals surface area contributed by atoms with Crippen molar-refractivity contribution in [3.05, 3.63) is 97.7 Å². The number of benzene rings is 3. The molecule has 0 aromatic heterocycles. The van der Waals surface area contributed by atoms with E-state index in [9.17, 15) is 14.4 Å². The van der Waals surface area contributed by atoms with E-state index in [2.05, 4.69) is 27.9 Å². The maximum atomic E-state index is 12.8. The minimum Gasteiger partial charge on any atom is -0.488 e. The number of carboxylic acids is 1. The van der Waals surface area contributed by atoms with Gasteiger partial charge in [-0.1, -0.05) is 35.9 Å². The fourth-order valence-electron chi connectivity index (χ4n) is 3.18. The zero-order valence-electron chi connectivity index (χ0n) is 16.9. The molecule has 0 unspecified atom stereocenters. The predicted octanol–water partition coefficient (Wildman–Crippen LogP) is 5.32. The van der Waals surface area contributed by atoms with Crippen LogP contribution in [0.3, 0.4) is 0 Å². The number of rotatable bonds is 6. The summed E-state index contributed by atoms with van der Waals surface area (Å²) >= 11 is 8.11. The maximum absolute atomic E-state index is 12.8. The molecule has 9 heteroatoms. The van der Waals surface area contributed by atoms with Gasteiger partial charge in [-0.3, -0.25) is 4.79 Å². The van der Waals surface area contributed by atoms with E-state index >= 15 is 0 Å². The first-order valence-corrected chi connectivity index (χ1v) is 11.1. The standard InChI is InChI=1S/C24H16ClIN2O5/c25-17-2-1-3-18(12-17)28-22(29)20(27-24(28)32)11-15-6-9-21(19(26)10-15)33-13-14-4-7-16(8-5-14)23(30)31/h1-12H,13H2,(H,27,32)(H,30,31)/b20-11+. The van der Waals surface area contributed by atoms with Crippen LogP contribution in [-0.4, -0.2) is 23.0 Å². The maximum Gasteiger partial charge on any atom is 0.335 e. The van der Waals surface area contributed by atoms with Gasteiger partial charge in [-0.05, 0) is 82.3 Å². The Balaban J connectivity index is 1.47. The lowest BCUT2D eigenvalue weighted by atomic mass is 10.1. The van der Waals surface area contributed by atoms with Crippen LogP contribution in [0.4, 0.5) is 10.5 Å². The zero-order valence-corrected chi connectivity index (χ0v) is 19.8. The van der Waals surface area contributed by atoms with Gasteiger partial charge in [0.1, 0.15) is 18.1 Å². The van der Waals surface area contributed by atoms with Gasteiger partial charge in [0, 0.05) is 5.02 Å². The van der Waals surface area contributed by atoms with Crippen molar-refractivity contribution in [3.63, 3.8) is 0 Å². The van der Waals surface area contributed by atoms with Crippen LogP contribution < -0.4 is 15.0 Å². The highest BCUT2D eigenvalue weighted by Crippen LogP contribution is 2.27. The Labute approximate surface area is 207 Å². The summed E-state index contributed by atoms with van der Waals surface area (Å²) in [5.74, 6) is -0.806. The molecule has 0 radical (unpaired) electrons. The van der Waals surface area contributed by atoms with Gasteiger partial charge in [0.15, 0.2) is 0 Å². The summed E-state index contributed by atoms with van der Waals surface area (Å²) in [7, 11) is 0. The molecule has 166 valence electrons. The van der Waals surface area contributed by atoms with E-state index in [-0.39, 0.29) is 17.9 Å². The van der Waals surface area contributed by atoms with Gasteiger partial charge in [-0.2, -0.15) is 0 Å². The fourth-order valence-corrected chi connectivity index (χ4v) is 4.06. The molecule has 1 heterocycles. The van der Waals surface area contributed by atoms with Gasteiger partial charge in [0.05, 0.1) is 14.8 Å². The van der Waals surface area contributed by atoms with Crippen LogP contribution in [0.2, 0.25) is 5.02 Å². The molecular weight excluding hydrogens is 559 g/mol. The Morgan fingerprint density at radius 3 is 2.52 bits per heavy atom. The van der Waals surface area contributed by atoms with E-state index in [1.807, 2.05) is 6.07 Å². The summed E-state index contributed by atoms with van der Waals surface area (Å²) in [5, 5.41) is 12.0. The van der Waals surface area contributed by atoms with Crippen molar-refractivity contribution >= 4 is 63.9 Å². The molecule has 3 aromatic rings. The van der Waals surface area contributed by atoms with Gasteiger partial charge >= 0.3 is 12.0 Å². The largest absolute Gasteiger partial charge is 0.488 e. The molecule has 4 rings (SSSR count). The quantitative estimate of drug-likeness (QED) is 0.236. The smallest absolute Gasteiger partial charge is 0.335 e. The summed E-state index contributed by atoms with van der Waals surface area (Å²) in [5.41, 5.74) is 2.32. The average Bonchev–Trinajstić information content (AvgIpc) is 3.06. The number of carbonyl (C=O) groups is 3. The van der Waals surface area contributed by atoms with Crippen LogP contribution in [0.5, 0.6) is 5.75 Å². The molecule has 0 bridgehead atoms. The summed E-state index contributed by atoms with van der Waals surface area (Å²) < 4.78 is 6.65. The minimum absolute atomic E-state index is 0.156. The third-order valence-corrected chi connectivity index (χ3v) is 5.88. The number of anilines is 1. The Morgan fingerprint density at radius 2 is 1.85 bits per heavy atom. The lowest BCUT2D eigenvalue weighted by Gasteiger charge is -2.11. The van der Waals surface area contributed by atoms with Crippen LogP contribution in [0, 0.1) is 3.57 Å². The third-order valence-electron chi connectivity index (χ3n) is 4.81. The van der Waals surface area contributed by atoms with E-state index in [1.54, 1.807) is 54.6 Å². The van der Waals surface area contributed by atoms with Crippen molar-refractivity contribution in [2.75, 3.05) is 4.90 Å². The average molecular weight is 575 g/mol. The molecule has 1 saturated heterocycles. The van der Waals surface area contributed by atoms with Crippen molar-refractivity contribution in [2.45, 2.75) is 6.61 Å². The highest BCUT2D eigenvalue weighted by Gasteiger charge is 2.34. The lowest BCUT2D eigenvalue weighted by molar-refractivity contribution is -0.113. The number of halogens is 2. The van der Waals surface area contributed by atoms with E-state index in [0.29, 0.717) is 22.0 Å². The van der Waals surface area contributed by atoms with Crippen molar-refractivity contribution in [3.8, 4) is 5.75 Å². The number of urea groups is 1. The Kier molecular flexibility index (Phi) is 6.66. The molecule has 1 fully saturated rings. The summed E-state index contributed by atoms with van der Waals surface area (Å²) in [6, 6.07) is 17.8. The van der Waals surface area contributed by atoms with Gasteiger partial charge in [-0.15, -0.1) is 0 Å². The normalized spacial score (nSPS) is 14.5. The third kappa shape index (κ3) is 5.18. The van der Waals surface area contributed by atoms with Crippen molar-refractivity contribution in [2.24, 2.45) is 0 Å². The SMILES string of the molecule is O=C(O)c1ccc(COc2ccc(/C=C3/NC(=O)N(c4cccc(Cl)c4)C3=O)cc2I)cc1. The predicted molar refractivity (Wildman–Crippen MR) is 132 cm³/mol. The van der Waals surface area contributed by atoms with Gasteiger partial charge in [-0.25, -0.2) is 14.5 Å². The summed E-state index contributed by atoms with van der Waals surface area (Å²) in [6.07, 6.45) is 1.60. The second-order valence-electron chi connectivity index (χ2n) is 7.09. The molecule has 3 amide bonds. The highest BCUT2D eigenvalue weighted by atomic mass is 127. The molecule has 33 heavy (non-hydrogen) atoms. The van der Waals surface area contributed by atoms with E-state index < -0.39 is 17.9 Å². The number of hydrogen-bond donors (Lipinski definition) is 2. The van der Waals surface area contributed by atoms with E-state index in [1.165, 1.54) is 12.1 Å². The molecule has 1 aliphatic rings. The summed E-state index contributed by atoms with van der Waals surface area (Å²) in [4.78, 5) is 37.1.